The molecular weight excluding hydrogens is 326 g/mol. The Balaban J connectivity index is 1.81. The summed E-state index contributed by atoms with van der Waals surface area (Å²) in [6.07, 6.45) is 10.8. The number of fused-ring (bicyclic) bond motifs is 1. The van der Waals surface area contributed by atoms with Gasteiger partial charge in [-0.15, -0.1) is 0 Å². The van der Waals surface area contributed by atoms with Crippen molar-refractivity contribution in [1.29, 1.82) is 0 Å². The molecule has 0 unspecified atom stereocenters. The van der Waals surface area contributed by atoms with E-state index in [2.05, 4.69) is 14.7 Å². The van der Waals surface area contributed by atoms with Gasteiger partial charge in [-0.3, -0.25) is 0 Å². The maximum Gasteiger partial charge on any atom is 0.246 e. The number of sulfonamides is 1. The van der Waals surface area contributed by atoms with Gasteiger partial charge in [-0.05, 0) is 31.6 Å². The molecule has 2 aromatic rings. The fourth-order valence-electron chi connectivity index (χ4n) is 3.61. The van der Waals surface area contributed by atoms with Gasteiger partial charge in [0, 0.05) is 25.0 Å². The molecule has 2 saturated carbocycles. The highest BCUT2D eigenvalue weighted by molar-refractivity contribution is 7.89. The first-order chi connectivity index (χ1) is 11.6. The molecule has 0 aromatic carbocycles. The number of nitrogens with two attached hydrogens (primary N) is 1. The van der Waals surface area contributed by atoms with Crippen molar-refractivity contribution >= 4 is 27.0 Å². The first-order valence-corrected chi connectivity index (χ1v) is 10.2. The molecular formula is C16H23N5O2S. The molecule has 2 fully saturated rings. The van der Waals surface area contributed by atoms with Crippen LogP contribution in [0.5, 0.6) is 0 Å². The zero-order chi connectivity index (χ0) is 16.7. The third-order valence-electron chi connectivity index (χ3n) is 5.08. The van der Waals surface area contributed by atoms with Crippen LogP contribution in [-0.2, 0) is 10.0 Å². The molecule has 0 saturated heterocycles. The maximum atomic E-state index is 12.8. The minimum absolute atomic E-state index is 0.0943. The van der Waals surface area contributed by atoms with Gasteiger partial charge in [0.05, 0.1) is 0 Å². The first kappa shape index (κ1) is 15.8. The highest BCUT2D eigenvalue weighted by atomic mass is 32.2. The topological polar surface area (TPSA) is 103 Å². The molecule has 2 aliphatic carbocycles. The summed E-state index contributed by atoms with van der Waals surface area (Å²) in [5.41, 5.74) is 7.27. The lowest BCUT2D eigenvalue weighted by Gasteiger charge is -2.24. The summed E-state index contributed by atoms with van der Waals surface area (Å²) in [5.74, 6) is 0.727. The normalized spacial score (nSPS) is 19.8. The molecule has 0 bridgehead atoms. The second-order valence-corrected chi connectivity index (χ2v) is 8.60. The maximum absolute atomic E-state index is 12.8. The Morgan fingerprint density at radius 1 is 1.12 bits per heavy atom. The third-order valence-corrected chi connectivity index (χ3v) is 6.57. The van der Waals surface area contributed by atoms with Gasteiger partial charge in [0.15, 0.2) is 10.5 Å². The Bertz CT molecular complexity index is 851. The summed E-state index contributed by atoms with van der Waals surface area (Å²) in [5, 5.41) is 0. The van der Waals surface area contributed by atoms with Crippen molar-refractivity contribution in [3.8, 4) is 0 Å². The van der Waals surface area contributed by atoms with E-state index in [9.17, 15) is 8.42 Å². The van der Waals surface area contributed by atoms with Crippen LogP contribution in [0, 0.1) is 5.92 Å². The zero-order valence-electron chi connectivity index (χ0n) is 13.6. The standard InChI is InChI=1S/C16H23N5O2S/c17-15-14(24(22,23)20-10-11-6-7-11)13-16(19-9-8-18-13)21(15)12-4-2-1-3-5-12/h8-9,11-12,20H,1-7,10,17H2. The molecule has 8 heteroatoms. The van der Waals surface area contributed by atoms with Crippen LogP contribution in [0.4, 0.5) is 5.82 Å². The summed E-state index contributed by atoms with van der Waals surface area (Å²) >= 11 is 0. The molecule has 3 N–H and O–H groups in total. The van der Waals surface area contributed by atoms with Crippen LogP contribution in [0.1, 0.15) is 51.0 Å². The van der Waals surface area contributed by atoms with Gasteiger partial charge < -0.3 is 10.3 Å². The zero-order valence-corrected chi connectivity index (χ0v) is 14.4. The van der Waals surface area contributed by atoms with E-state index in [-0.39, 0.29) is 16.8 Å². The average Bonchev–Trinajstić information content (AvgIpc) is 3.35. The predicted molar refractivity (Wildman–Crippen MR) is 92.0 cm³/mol. The second kappa shape index (κ2) is 6.00. The van der Waals surface area contributed by atoms with Crippen LogP contribution >= 0.6 is 0 Å². The van der Waals surface area contributed by atoms with Gasteiger partial charge in [-0.1, -0.05) is 19.3 Å². The highest BCUT2D eigenvalue weighted by Crippen LogP contribution is 2.38. The number of aromatic nitrogens is 3. The Labute approximate surface area is 141 Å². The predicted octanol–water partition coefficient (Wildman–Crippen LogP) is 2.21. The van der Waals surface area contributed by atoms with Crippen molar-refractivity contribution < 1.29 is 8.42 Å². The molecule has 7 nitrogen and oxygen atoms in total. The van der Waals surface area contributed by atoms with Crippen LogP contribution in [-0.4, -0.2) is 29.5 Å². The SMILES string of the molecule is Nc1c(S(=O)(=O)NCC2CC2)c2nccnc2n1C1CCCCC1. The molecule has 0 radical (unpaired) electrons. The molecule has 2 aliphatic rings. The molecule has 0 aliphatic heterocycles. The lowest BCUT2D eigenvalue weighted by Crippen LogP contribution is -2.27. The van der Waals surface area contributed by atoms with Gasteiger partial charge in [0.1, 0.15) is 11.3 Å². The van der Waals surface area contributed by atoms with E-state index in [0.29, 0.717) is 23.6 Å². The van der Waals surface area contributed by atoms with Gasteiger partial charge in [-0.2, -0.15) is 0 Å². The third kappa shape index (κ3) is 2.77. The number of nitrogens with one attached hydrogen (secondary N) is 1. The van der Waals surface area contributed by atoms with Crippen molar-refractivity contribution in [3.05, 3.63) is 12.4 Å². The van der Waals surface area contributed by atoms with E-state index in [4.69, 9.17) is 5.73 Å². The number of hydrogen-bond donors (Lipinski definition) is 2. The minimum Gasteiger partial charge on any atom is -0.384 e. The molecule has 2 heterocycles. The van der Waals surface area contributed by atoms with E-state index in [0.717, 1.165) is 38.5 Å². The van der Waals surface area contributed by atoms with Gasteiger partial charge in [0.25, 0.3) is 0 Å². The number of hydrogen-bond acceptors (Lipinski definition) is 5. The van der Waals surface area contributed by atoms with E-state index in [1.165, 1.54) is 12.6 Å². The van der Waals surface area contributed by atoms with Crippen molar-refractivity contribution in [2.75, 3.05) is 12.3 Å². The average molecular weight is 349 g/mol. The number of anilines is 1. The van der Waals surface area contributed by atoms with Gasteiger partial charge >= 0.3 is 0 Å². The highest BCUT2D eigenvalue weighted by Gasteiger charge is 2.32. The molecule has 0 atom stereocenters. The van der Waals surface area contributed by atoms with Crippen LogP contribution in [0.25, 0.3) is 11.2 Å². The smallest absolute Gasteiger partial charge is 0.246 e. The Morgan fingerprint density at radius 2 is 1.83 bits per heavy atom. The number of nitrogen functional groups attached to an aromatic ring is 1. The quantitative estimate of drug-likeness (QED) is 0.861. The summed E-state index contributed by atoms with van der Waals surface area (Å²) in [6, 6.07) is 0.199. The van der Waals surface area contributed by atoms with Crippen LogP contribution in [0.3, 0.4) is 0 Å². The van der Waals surface area contributed by atoms with E-state index in [1.807, 2.05) is 4.57 Å². The van der Waals surface area contributed by atoms with E-state index in [1.54, 1.807) is 6.20 Å². The summed E-state index contributed by atoms with van der Waals surface area (Å²) < 4.78 is 30.2. The lowest BCUT2D eigenvalue weighted by atomic mass is 9.95. The molecule has 24 heavy (non-hydrogen) atoms. The van der Waals surface area contributed by atoms with Crippen molar-refractivity contribution in [3.63, 3.8) is 0 Å². The van der Waals surface area contributed by atoms with Crippen molar-refractivity contribution in [1.82, 2.24) is 19.3 Å². The van der Waals surface area contributed by atoms with Gasteiger partial charge in [-0.25, -0.2) is 23.1 Å². The fourth-order valence-corrected chi connectivity index (χ4v) is 4.98. The summed E-state index contributed by atoms with van der Waals surface area (Å²) in [4.78, 5) is 8.77. The summed E-state index contributed by atoms with van der Waals surface area (Å²) in [7, 11) is -3.69. The van der Waals surface area contributed by atoms with Crippen LogP contribution in [0.2, 0.25) is 0 Å². The fraction of sp³-hybridized carbons (Fsp3) is 0.625. The molecule has 2 aromatic heterocycles. The molecule has 0 spiro atoms. The van der Waals surface area contributed by atoms with E-state index < -0.39 is 10.0 Å². The first-order valence-electron chi connectivity index (χ1n) is 8.68. The summed E-state index contributed by atoms with van der Waals surface area (Å²) in [6.45, 7) is 0.470. The second-order valence-electron chi connectivity index (χ2n) is 6.90. The minimum atomic E-state index is -3.69. The largest absolute Gasteiger partial charge is 0.384 e. The van der Waals surface area contributed by atoms with Crippen LogP contribution in [0.15, 0.2) is 17.3 Å². The van der Waals surface area contributed by atoms with Gasteiger partial charge in [0.2, 0.25) is 10.0 Å². The molecule has 4 rings (SSSR count). The Morgan fingerprint density at radius 3 is 2.54 bits per heavy atom. The van der Waals surface area contributed by atoms with E-state index >= 15 is 0 Å². The van der Waals surface area contributed by atoms with Crippen LogP contribution < -0.4 is 10.5 Å². The molecule has 130 valence electrons. The van der Waals surface area contributed by atoms with Crippen molar-refractivity contribution in [2.24, 2.45) is 5.92 Å². The number of nitrogens with zero attached hydrogens (tertiary/aromatic N) is 3. The Kier molecular flexibility index (Phi) is 3.96. The number of rotatable bonds is 5. The monoisotopic (exact) mass is 349 g/mol. The molecule has 0 amide bonds. The Hall–Kier alpha value is -1.67. The van der Waals surface area contributed by atoms with Crippen molar-refractivity contribution in [2.45, 2.75) is 55.9 Å². The lowest BCUT2D eigenvalue weighted by molar-refractivity contribution is 0.362.